The third-order valence-corrected chi connectivity index (χ3v) is 4.35. The lowest BCUT2D eigenvalue weighted by Gasteiger charge is -2.35. The van der Waals surface area contributed by atoms with Gasteiger partial charge in [-0.15, -0.1) is 0 Å². The van der Waals surface area contributed by atoms with E-state index in [4.69, 9.17) is 16.3 Å². The number of hydrogen-bond donors (Lipinski definition) is 1. The van der Waals surface area contributed by atoms with Gasteiger partial charge in [0.2, 0.25) is 0 Å². The molecule has 0 saturated heterocycles. The molecule has 1 N–H and O–H groups in total. The maximum atomic E-state index is 12.8. The van der Waals surface area contributed by atoms with Crippen LogP contribution >= 0.6 is 11.6 Å². The lowest BCUT2D eigenvalue weighted by Crippen LogP contribution is -2.43. The highest BCUT2D eigenvalue weighted by Crippen LogP contribution is 2.30. The third-order valence-electron chi connectivity index (χ3n) is 4.12. The Bertz CT molecular complexity index is 824. The van der Waals surface area contributed by atoms with E-state index in [1.807, 2.05) is 18.2 Å². The van der Waals surface area contributed by atoms with E-state index in [1.54, 1.807) is 24.3 Å². The smallest absolute Gasteiger partial charge is 0.191 e. The molecular formula is C20H20ClNO2. The zero-order valence-electron chi connectivity index (χ0n) is 14.0. The molecule has 3 nitrogen and oxygen atoms in total. The first-order valence-electron chi connectivity index (χ1n) is 7.86. The minimum absolute atomic E-state index is 0.107. The molecule has 1 heterocycles. The molecule has 0 bridgehead atoms. The van der Waals surface area contributed by atoms with Crippen LogP contribution in [0.2, 0.25) is 5.02 Å². The van der Waals surface area contributed by atoms with Gasteiger partial charge < -0.3 is 10.1 Å². The Morgan fingerprint density at radius 3 is 2.75 bits per heavy atom. The zero-order chi connectivity index (χ0) is 17.3. The molecular weight excluding hydrogens is 322 g/mol. The average Bonchev–Trinajstić information content (AvgIpc) is 2.53. The molecule has 0 unspecified atom stereocenters. The van der Waals surface area contributed by atoms with Crippen molar-refractivity contribution in [2.75, 3.05) is 7.11 Å². The van der Waals surface area contributed by atoms with Crippen molar-refractivity contribution in [2.45, 2.75) is 25.8 Å². The molecule has 0 saturated carbocycles. The first kappa shape index (κ1) is 16.6. The minimum Gasteiger partial charge on any atom is -0.496 e. The summed E-state index contributed by atoms with van der Waals surface area (Å²) in [7, 11) is 1.53. The summed E-state index contributed by atoms with van der Waals surface area (Å²) in [6.45, 7) is 4.26. The number of nitrogens with one attached hydrogen (secondary N) is 1. The Kier molecular flexibility index (Phi) is 4.37. The summed E-state index contributed by atoms with van der Waals surface area (Å²) in [4.78, 5) is 12.8. The summed E-state index contributed by atoms with van der Waals surface area (Å²) in [5, 5.41) is 4.01. The van der Waals surface area contributed by atoms with Gasteiger partial charge in [-0.25, -0.2) is 0 Å². The largest absolute Gasteiger partial charge is 0.496 e. The number of benzene rings is 2. The Balaban J connectivity index is 2.03. The summed E-state index contributed by atoms with van der Waals surface area (Å²) in [5.74, 6) is 0.367. The maximum absolute atomic E-state index is 12.8. The summed E-state index contributed by atoms with van der Waals surface area (Å²) >= 11 is 5.98. The Hall–Kier alpha value is -2.26. The Labute approximate surface area is 147 Å². The fraction of sp³-hybridized carbons (Fsp3) is 0.250. The number of hydrogen-bond acceptors (Lipinski definition) is 3. The van der Waals surface area contributed by atoms with Gasteiger partial charge in [-0.2, -0.15) is 0 Å². The highest BCUT2D eigenvalue weighted by molar-refractivity contribution is 6.31. The first-order chi connectivity index (χ1) is 11.4. The van der Waals surface area contributed by atoms with Gasteiger partial charge in [-0.3, -0.25) is 4.79 Å². The number of ketones is 1. The van der Waals surface area contributed by atoms with E-state index in [-0.39, 0.29) is 11.3 Å². The second kappa shape index (κ2) is 6.33. The van der Waals surface area contributed by atoms with E-state index < -0.39 is 0 Å². The van der Waals surface area contributed by atoms with Gasteiger partial charge in [-0.1, -0.05) is 35.9 Å². The third kappa shape index (κ3) is 3.31. The number of carbonyl (C=O) groups excluding carboxylic acids is 1. The molecule has 2 aromatic rings. The number of carbonyl (C=O) groups is 1. The highest BCUT2D eigenvalue weighted by atomic mass is 35.5. The lowest BCUT2D eigenvalue weighted by molar-refractivity contribution is 0.104. The van der Waals surface area contributed by atoms with Crippen LogP contribution in [0.1, 0.15) is 35.3 Å². The van der Waals surface area contributed by atoms with E-state index in [1.165, 1.54) is 12.7 Å². The molecule has 1 aliphatic heterocycles. The van der Waals surface area contributed by atoms with Gasteiger partial charge in [0.15, 0.2) is 5.78 Å². The summed E-state index contributed by atoms with van der Waals surface area (Å²) in [6.07, 6.45) is 2.56. The number of allylic oxidation sites excluding steroid dienone is 1. The SMILES string of the molecule is COc1cc(Cl)ccc1C(=O)C=C1NC(C)(C)Cc2ccccc21. The van der Waals surface area contributed by atoms with Crippen LogP contribution in [0.4, 0.5) is 0 Å². The van der Waals surface area contributed by atoms with Gasteiger partial charge in [-0.05, 0) is 44.0 Å². The molecule has 0 aliphatic carbocycles. The predicted molar refractivity (Wildman–Crippen MR) is 97.7 cm³/mol. The van der Waals surface area contributed by atoms with Crippen molar-refractivity contribution < 1.29 is 9.53 Å². The Morgan fingerprint density at radius 2 is 2.00 bits per heavy atom. The zero-order valence-corrected chi connectivity index (χ0v) is 14.8. The van der Waals surface area contributed by atoms with Crippen LogP contribution in [0.15, 0.2) is 48.5 Å². The van der Waals surface area contributed by atoms with E-state index in [0.29, 0.717) is 16.3 Å². The van der Waals surface area contributed by atoms with Crippen LogP contribution in [0.3, 0.4) is 0 Å². The van der Waals surface area contributed by atoms with Crippen molar-refractivity contribution in [1.82, 2.24) is 5.32 Å². The van der Waals surface area contributed by atoms with E-state index in [9.17, 15) is 4.79 Å². The van der Waals surface area contributed by atoms with Crippen molar-refractivity contribution in [3.05, 3.63) is 70.3 Å². The average molecular weight is 342 g/mol. The van der Waals surface area contributed by atoms with Crippen LogP contribution in [0, 0.1) is 0 Å². The van der Waals surface area contributed by atoms with E-state index in [0.717, 1.165) is 17.7 Å². The number of fused-ring (bicyclic) bond motifs is 1. The molecule has 1 aliphatic rings. The minimum atomic E-state index is -0.112. The van der Waals surface area contributed by atoms with Crippen molar-refractivity contribution >= 4 is 23.1 Å². The standard InChI is InChI=1S/C20H20ClNO2/c1-20(2)12-13-6-4-5-7-15(13)17(22-20)11-18(23)16-9-8-14(21)10-19(16)24-3/h4-11,22H,12H2,1-3H3. The fourth-order valence-corrected chi connectivity index (χ4v) is 3.24. The fourth-order valence-electron chi connectivity index (χ4n) is 3.08. The molecule has 0 radical (unpaired) electrons. The molecule has 2 aromatic carbocycles. The topological polar surface area (TPSA) is 38.3 Å². The second-order valence-corrected chi connectivity index (χ2v) is 7.05. The normalized spacial score (nSPS) is 17.1. The number of ether oxygens (including phenoxy) is 1. The van der Waals surface area contributed by atoms with Crippen LogP contribution in [-0.2, 0) is 6.42 Å². The van der Waals surface area contributed by atoms with Gasteiger partial charge >= 0.3 is 0 Å². The molecule has 0 aromatic heterocycles. The number of methoxy groups -OCH3 is 1. The molecule has 0 fully saturated rings. The van der Waals surface area contributed by atoms with Crippen molar-refractivity contribution in [3.8, 4) is 5.75 Å². The quantitative estimate of drug-likeness (QED) is 0.660. The van der Waals surface area contributed by atoms with Crippen LogP contribution in [0.5, 0.6) is 5.75 Å². The molecule has 0 amide bonds. The Morgan fingerprint density at radius 1 is 1.25 bits per heavy atom. The van der Waals surface area contributed by atoms with Gasteiger partial charge in [0.1, 0.15) is 5.75 Å². The number of halogens is 1. The van der Waals surface area contributed by atoms with Crippen LogP contribution in [-0.4, -0.2) is 18.4 Å². The molecule has 0 spiro atoms. The highest BCUT2D eigenvalue weighted by Gasteiger charge is 2.27. The van der Waals surface area contributed by atoms with Crippen molar-refractivity contribution in [1.29, 1.82) is 0 Å². The predicted octanol–water partition coefficient (Wildman–Crippen LogP) is 4.50. The molecule has 0 atom stereocenters. The second-order valence-electron chi connectivity index (χ2n) is 6.61. The molecule has 24 heavy (non-hydrogen) atoms. The van der Waals surface area contributed by atoms with Crippen molar-refractivity contribution in [3.63, 3.8) is 0 Å². The first-order valence-corrected chi connectivity index (χ1v) is 8.23. The summed E-state index contributed by atoms with van der Waals surface area (Å²) in [6, 6.07) is 13.2. The van der Waals surface area contributed by atoms with Gasteiger partial charge in [0.05, 0.1) is 12.7 Å². The monoisotopic (exact) mass is 341 g/mol. The van der Waals surface area contributed by atoms with Gasteiger partial charge in [0.25, 0.3) is 0 Å². The number of rotatable bonds is 3. The summed E-state index contributed by atoms with van der Waals surface area (Å²) < 4.78 is 5.29. The van der Waals surface area contributed by atoms with Crippen LogP contribution in [0.25, 0.3) is 5.70 Å². The molecule has 4 heteroatoms. The van der Waals surface area contributed by atoms with E-state index >= 15 is 0 Å². The maximum Gasteiger partial charge on any atom is 0.191 e. The van der Waals surface area contributed by atoms with E-state index in [2.05, 4.69) is 25.2 Å². The summed E-state index contributed by atoms with van der Waals surface area (Å²) in [5.41, 5.74) is 3.53. The molecule has 124 valence electrons. The van der Waals surface area contributed by atoms with Crippen LogP contribution < -0.4 is 10.1 Å². The lowest BCUT2D eigenvalue weighted by atomic mass is 9.85. The van der Waals surface area contributed by atoms with Crippen molar-refractivity contribution in [2.24, 2.45) is 0 Å². The molecule has 3 rings (SSSR count). The van der Waals surface area contributed by atoms with Gasteiger partial charge in [0, 0.05) is 27.9 Å².